The summed E-state index contributed by atoms with van der Waals surface area (Å²) in [6.45, 7) is 1.71. The molecule has 3 aliphatic rings. The number of anilines is 1. The molecule has 0 saturated heterocycles. The highest BCUT2D eigenvalue weighted by molar-refractivity contribution is 6.36. The molecule has 2 aliphatic heterocycles. The predicted octanol–water partition coefficient (Wildman–Crippen LogP) is 2.90. The zero-order valence-corrected chi connectivity index (χ0v) is 24.9. The average Bonchev–Trinajstić information content (AvgIpc) is 3.32. The van der Waals surface area contributed by atoms with Gasteiger partial charge in [-0.25, -0.2) is 4.79 Å². The van der Waals surface area contributed by atoms with Crippen molar-refractivity contribution >= 4 is 29.0 Å². The number of methoxy groups -OCH3 is 3. The number of phenolic OH excluding ortho intramolecular Hbond substituents is 1. The van der Waals surface area contributed by atoms with Crippen molar-refractivity contribution in [1.29, 1.82) is 0 Å². The van der Waals surface area contributed by atoms with Crippen LogP contribution in [0.2, 0.25) is 5.02 Å². The topological polar surface area (TPSA) is 147 Å². The molecule has 0 unspecified atom stereocenters. The second-order valence-electron chi connectivity index (χ2n) is 10.7. The highest BCUT2D eigenvalue weighted by Crippen LogP contribution is 2.56. The predicted molar refractivity (Wildman–Crippen MR) is 155 cm³/mol. The molecule has 0 fully saturated rings. The lowest BCUT2D eigenvalue weighted by Gasteiger charge is -2.42. The number of allylic oxidation sites excluding steroid dienone is 1. The van der Waals surface area contributed by atoms with Crippen molar-refractivity contribution in [3.8, 4) is 28.7 Å². The van der Waals surface area contributed by atoms with Crippen molar-refractivity contribution in [2.75, 3.05) is 26.6 Å². The second-order valence-corrected chi connectivity index (χ2v) is 11.1. The van der Waals surface area contributed by atoms with Gasteiger partial charge in [0.1, 0.15) is 27.9 Å². The maximum atomic E-state index is 14.9. The molecule has 1 aliphatic carbocycles. The summed E-state index contributed by atoms with van der Waals surface area (Å²) in [4.78, 5) is 55.9. The largest absolute Gasteiger partial charge is 0.504 e. The minimum Gasteiger partial charge on any atom is -0.504 e. The number of aromatic nitrogens is 2. The first-order valence-corrected chi connectivity index (χ1v) is 13.7. The quantitative estimate of drug-likeness (QED) is 0.423. The molecule has 0 saturated carbocycles. The van der Waals surface area contributed by atoms with E-state index in [9.17, 15) is 24.3 Å². The SMILES string of the molecule is COc1cc([C@@H]2C3=C(C[C@@H](C)[C@]4(Oc5c(Cl)c(OC)cc(OC)c5C4=O)C3=O)Nc3c2c(=O)n(C)c(=O)n3C)ccc1O. The fourth-order valence-electron chi connectivity index (χ4n) is 6.40. The van der Waals surface area contributed by atoms with Crippen LogP contribution in [0.3, 0.4) is 0 Å². The van der Waals surface area contributed by atoms with E-state index in [1.54, 1.807) is 13.0 Å². The summed E-state index contributed by atoms with van der Waals surface area (Å²) in [5.41, 5.74) is -2.15. The van der Waals surface area contributed by atoms with Crippen LogP contribution in [-0.2, 0) is 18.9 Å². The van der Waals surface area contributed by atoms with E-state index < -0.39 is 40.3 Å². The molecule has 0 bridgehead atoms. The monoisotopic (exact) mass is 609 g/mol. The fraction of sp³-hybridized carbons (Fsp3) is 0.333. The van der Waals surface area contributed by atoms with E-state index in [1.807, 2.05) is 0 Å². The van der Waals surface area contributed by atoms with Gasteiger partial charge in [-0.1, -0.05) is 24.6 Å². The number of nitrogens with one attached hydrogen (secondary N) is 1. The molecule has 3 aromatic rings. The van der Waals surface area contributed by atoms with E-state index in [1.165, 1.54) is 58.2 Å². The minimum atomic E-state index is -2.03. The number of fused-ring (bicyclic) bond motifs is 2. The van der Waals surface area contributed by atoms with Gasteiger partial charge in [0.2, 0.25) is 17.2 Å². The average molecular weight is 610 g/mol. The number of hydrogen-bond acceptors (Lipinski definition) is 10. The number of ether oxygens (including phenoxy) is 4. The van der Waals surface area contributed by atoms with Gasteiger partial charge in [-0.05, 0) is 24.1 Å². The third kappa shape index (κ3) is 3.62. The zero-order valence-electron chi connectivity index (χ0n) is 24.2. The summed E-state index contributed by atoms with van der Waals surface area (Å²) < 4.78 is 24.7. The van der Waals surface area contributed by atoms with Crippen molar-refractivity contribution in [3.63, 3.8) is 0 Å². The van der Waals surface area contributed by atoms with Gasteiger partial charge in [-0.15, -0.1) is 0 Å². The number of nitrogens with zero attached hydrogens (tertiary/aromatic N) is 2. The van der Waals surface area contributed by atoms with E-state index in [0.29, 0.717) is 11.3 Å². The molecular formula is C30H28ClN3O9. The van der Waals surface area contributed by atoms with Crippen molar-refractivity contribution in [3.05, 3.63) is 78.1 Å². The van der Waals surface area contributed by atoms with Crippen LogP contribution in [0.5, 0.6) is 28.7 Å². The molecule has 6 rings (SSSR count). The first-order valence-electron chi connectivity index (χ1n) is 13.3. The van der Waals surface area contributed by atoms with Gasteiger partial charge in [0, 0.05) is 43.3 Å². The van der Waals surface area contributed by atoms with Crippen LogP contribution < -0.4 is 35.5 Å². The molecule has 12 nitrogen and oxygen atoms in total. The smallest absolute Gasteiger partial charge is 0.332 e. The molecule has 0 amide bonds. The van der Waals surface area contributed by atoms with Gasteiger partial charge in [-0.3, -0.25) is 23.5 Å². The lowest BCUT2D eigenvalue weighted by Crippen LogP contribution is -2.58. The Labute approximate surface area is 250 Å². The number of rotatable bonds is 4. The first-order chi connectivity index (χ1) is 20.4. The maximum absolute atomic E-state index is 14.9. The van der Waals surface area contributed by atoms with Crippen LogP contribution in [0.15, 0.2) is 45.1 Å². The molecule has 43 heavy (non-hydrogen) atoms. The lowest BCUT2D eigenvalue weighted by atomic mass is 9.66. The van der Waals surface area contributed by atoms with Gasteiger partial charge in [0.05, 0.1) is 26.9 Å². The highest BCUT2D eigenvalue weighted by atomic mass is 35.5. The number of carbonyl (C=O) groups is 2. The number of carbonyl (C=O) groups excluding carboxylic acids is 2. The fourth-order valence-corrected chi connectivity index (χ4v) is 6.66. The van der Waals surface area contributed by atoms with Gasteiger partial charge in [0.15, 0.2) is 17.2 Å². The maximum Gasteiger partial charge on any atom is 0.332 e. The van der Waals surface area contributed by atoms with Crippen molar-refractivity contribution in [2.45, 2.75) is 24.9 Å². The number of phenols is 1. The van der Waals surface area contributed by atoms with Crippen LogP contribution in [-0.4, -0.2) is 52.7 Å². The third-order valence-electron chi connectivity index (χ3n) is 8.61. The normalized spacial score (nSPS) is 22.0. The Hall–Kier alpha value is -4.71. The summed E-state index contributed by atoms with van der Waals surface area (Å²) in [6, 6.07) is 5.91. The number of hydrogen-bond donors (Lipinski definition) is 2. The van der Waals surface area contributed by atoms with Crippen LogP contribution in [0, 0.1) is 5.92 Å². The molecule has 3 atom stereocenters. The molecule has 2 aromatic carbocycles. The lowest BCUT2D eigenvalue weighted by molar-refractivity contribution is -0.130. The van der Waals surface area contributed by atoms with E-state index in [-0.39, 0.29) is 62.7 Å². The molecule has 0 radical (unpaired) electrons. The number of benzene rings is 2. The number of Topliss-reactive ketones (excluding diaryl/α,β-unsaturated/α-hetero) is 2. The Morgan fingerprint density at radius 2 is 1.65 bits per heavy atom. The van der Waals surface area contributed by atoms with E-state index in [2.05, 4.69) is 5.32 Å². The second kappa shape index (κ2) is 9.66. The zero-order chi connectivity index (χ0) is 31.1. The van der Waals surface area contributed by atoms with Crippen molar-refractivity contribution in [1.82, 2.24) is 9.13 Å². The summed E-state index contributed by atoms with van der Waals surface area (Å²) in [5, 5.41) is 13.5. The van der Waals surface area contributed by atoms with Crippen LogP contribution >= 0.6 is 11.6 Å². The van der Waals surface area contributed by atoms with E-state index >= 15 is 0 Å². The number of ketones is 2. The number of halogens is 1. The number of aromatic hydroxyl groups is 1. The highest BCUT2D eigenvalue weighted by Gasteiger charge is 2.63. The Kier molecular flexibility index (Phi) is 6.38. The van der Waals surface area contributed by atoms with E-state index in [0.717, 1.165) is 4.57 Å². The summed E-state index contributed by atoms with van der Waals surface area (Å²) in [7, 11) is 7.02. The summed E-state index contributed by atoms with van der Waals surface area (Å²) >= 11 is 6.59. The minimum absolute atomic E-state index is 0.0131. The summed E-state index contributed by atoms with van der Waals surface area (Å²) in [6.07, 6.45) is 0.145. The standard InChI is InChI=1S/C30H28ClN3O9/c1-12-9-14-20(25(36)30(12)26(37)21-17(41-5)11-18(42-6)23(31)24(21)43-30)19(13-7-8-15(35)16(10-13)40-4)22-27(32-14)33(2)29(39)34(3)28(22)38/h7-8,10-12,19,32,35H,9H2,1-6H3/t12-,19-,30+/m1/s1. The first kappa shape index (κ1) is 28.4. The van der Waals surface area contributed by atoms with Gasteiger partial charge >= 0.3 is 5.69 Å². The Morgan fingerprint density at radius 3 is 2.30 bits per heavy atom. The molecule has 1 spiro atoms. The Morgan fingerprint density at radius 1 is 0.977 bits per heavy atom. The molecule has 13 heteroatoms. The molecule has 3 heterocycles. The Balaban J connectivity index is 1.63. The summed E-state index contributed by atoms with van der Waals surface area (Å²) in [5.74, 6) is -2.60. The Bertz CT molecular complexity index is 1930. The third-order valence-corrected chi connectivity index (χ3v) is 8.97. The van der Waals surface area contributed by atoms with Crippen molar-refractivity contribution in [2.24, 2.45) is 20.0 Å². The van der Waals surface area contributed by atoms with Gasteiger partial charge < -0.3 is 29.4 Å². The van der Waals surface area contributed by atoms with Gasteiger partial charge in [0.25, 0.3) is 5.56 Å². The van der Waals surface area contributed by atoms with E-state index in [4.69, 9.17) is 30.5 Å². The van der Waals surface area contributed by atoms with Crippen LogP contribution in [0.25, 0.3) is 0 Å². The van der Waals surface area contributed by atoms with Crippen molar-refractivity contribution < 1.29 is 33.6 Å². The van der Waals surface area contributed by atoms with Gasteiger partial charge in [-0.2, -0.15) is 0 Å². The molecule has 1 aromatic heterocycles. The molecule has 2 N–H and O–H groups in total. The molecular weight excluding hydrogens is 582 g/mol. The van der Waals surface area contributed by atoms with Crippen LogP contribution in [0.4, 0.5) is 5.82 Å². The molecule has 224 valence electrons. The van der Waals surface area contributed by atoms with Crippen LogP contribution in [0.1, 0.15) is 40.7 Å².